The van der Waals surface area contributed by atoms with E-state index in [1.165, 1.54) is 12.1 Å². The normalized spacial score (nSPS) is 11.0. The second-order valence-electron chi connectivity index (χ2n) is 7.24. The summed E-state index contributed by atoms with van der Waals surface area (Å²) < 4.78 is 24.5. The Labute approximate surface area is 182 Å². The number of hydrogen-bond acceptors (Lipinski definition) is 5. The van der Waals surface area contributed by atoms with Crippen molar-refractivity contribution in [2.24, 2.45) is 0 Å². The number of aryl methyl sites for hydroxylation is 1. The first-order valence-corrected chi connectivity index (χ1v) is 10.1. The SMILES string of the molecule is O=C(CCc1ncc(-c2ccc(F)cc2)o1)Nc1ccc(-c2nc3ccccc3o2)cc1. The fraction of sp³-hybridized carbons (Fsp3) is 0.0800. The topological polar surface area (TPSA) is 81.2 Å². The fourth-order valence-electron chi connectivity index (χ4n) is 3.31. The van der Waals surface area contributed by atoms with Crippen LogP contribution < -0.4 is 5.32 Å². The molecule has 0 aliphatic rings. The summed E-state index contributed by atoms with van der Waals surface area (Å²) in [6.07, 6.45) is 2.15. The van der Waals surface area contributed by atoms with Gasteiger partial charge in [0.1, 0.15) is 11.3 Å². The third-order valence-corrected chi connectivity index (χ3v) is 4.96. The number of rotatable bonds is 6. The molecule has 0 aliphatic heterocycles. The first-order chi connectivity index (χ1) is 15.6. The highest BCUT2D eigenvalue weighted by Gasteiger charge is 2.11. The summed E-state index contributed by atoms with van der Waals surface area (Å²) in [5, 5.41) is 2.86. The maximum Gasteiger partial charge on any atom is 0.227 e. The van der Waals surface area contributed by atoms with Crippen LogP contribution in [0.4, 0.5) is 10.1 Å². The standard InChI is InChI=1S/C25H18FN3O3/c26-18-9-5-16(6-10-18)22-15-27-24(31-22)14-13-23(30)28-19-11-7-17(8-12-19)25-29-20-3-1-2-4-21(20)32-25/h1-12,15H,13-14H2,(H,28,30). The van der Waals surface area contributed by atoms with Gasteiger partial charge in [0.15, 0.2) is 17.2 Å². The van der Waals surface area contributed by atoms with Crippen LogP contribution in [0, 0.1) is 5.82 Å². The van der Waals surface area contributed by atoms with Crippen molar-refractivity contribution in [3.05, 3.63) is 90.7 Å². The number of oxazole rings is 2. The van der Waals surface area contributed by atoms with Crippen molar-refractivity contribution in [1.82, 2.24) is 9.97 Å². The highest BCUT2D eigenvalue weighted by Crippen LogP contribution is 2.25. The van der Waals surface area contributed by atoms with Crippen molar-refractivity contribution >= 4 is 22.7 Å². The molecule has 0 radical (unpaired) electrons. The Morgan fingerprint density at radius 2 is 1.66 bits per heavy atom. The molecule has 0 atom stereocenters. The van der Waals surface area contributed by atoms with Crippen LogP contribution in [0.15, 0.2) is 87.8 Å². The van der Waals surface area contributed by atoms with E-state index in [1.807, 2.05) is 36.4 Å². The number of benzene rings is 3. The van der Waals surface area contributed by atoms with Crippen LogP contribution in [0.25, 0.3) is 33.9 Å². The molecule has 0 saturated carbocycles. The zero-order chi connectivity index (χ0) is 21.9. The van der Waals surface area contributed by atoms with Crippen LogP contribution in [0.3, 0.4) is 0 Å². The zero-order valence-electron chi connectivity index (χ0n) is 16.9. The number of carbonyl (C=O) groups excluding carboxylic acids is 1. The molecule has 5 aromatic rings. The molecular formula is C25H18FN3O3. The maximum atomic E-state index is 13.1. The summed E-state index contributed by atoms with van der Waals surface area (Å²) in [6.45, 7) is 0. The molecule has 0 aliphatic carbocycles. The lowest BCUT2D eigenvalue weighted by Gasteiger charge is -2.05. The summed E-state index contributed by atoms with van der Waals surface area (Å²) in [6, 6.07) is 20.9. The lowest BCUT2D eigenvalue weighted by molar-refractivity contribution is -0.116. The monoisotopic (exact) mass is 427 g/mol. The van der Waals surface area contributed by atoms with Gasteiger partial charge in [-0.2, -0.15) is 0 Å². The highest BCUT2D eigenvalue weighted by molar-refractivity contribution is 5.91. The van der Waals surface area contributed by atoms with Crippen molar-refractivity contribution in [1.29, 1.82) is 0 Å². The first-order valence-electron chi connectivity index (χ1n) is 10.1. The van der Waals surface area contributed by atoms with Crippen molar-refractivity contribution in [2.45, 2.75) is 12.8 Å². The number of carbonyl (C=O) groups is 1. The third kappa shape index (κ3) is 4.27. The number of nitrogens with one attached hydrogen (secondary N) is 1. The molecule has 0 saturated heterocycles. The van der Waals surface area contributed by atoms with Crippen LogP contribution >= 0.6 is 0 Å². The van der Waals surface area contributed by atoms with Crippen LogP contribution in [0.2, 0.25) is 0 Å². The average molecular weight is 427 g/mol. The van der Waals surface area contributed by atoms with E-state index in [0.717, 1.165) is 22.2 Å². The molecule has 1 N–H and O–H groups in total. The quantitative estimate of drug-likeness (QED) is 0.367. The van der Waals surface area contributed by atoms with Gasteiger partial charge in [0, 0.05) is 29.7 Å². The predicted octanol–water partition coefficient (Wildman–Crippen LogP) is 5.86. The van der Waals surface area contributed by atoms with Crippen LogP contribution in [0.1, 0.15) is 12.3 Å². The number of anilines is 1. The lowest BCUT2D eigenvalue weighted by Crippen LogP contribution is -2.12. The van der Waals surface area contributed by atoms with E-state index in [9.17, 15) is 9.18 Å². The zero-order valence-corrected chi connectivity index (χ0v) is 16.9. The second kappa shape index (κ2) is 8.47. The maximum absolute atomic E-state index is 13.1. The van der Waals surface area contributed by atoms with Gasteiger partial charge < -0.3 is 14.2 Å². The third-order valence-electron chi connectivity index (χ3n) is 4.96. The minimum Gasteiger partial charge on any atom is -0.441 e. The van der Waals surface area contributed by atoms with Gasteiger partial charge in [-0.25, -0.2) is 14.4 Å². The number of halogens is 1. The van der Waals surface area contributed by atoms with Gasteiger partial charge in [-0.3, -0.25) is 4.79 Å². The van der Waals surface area contributed by atoms with Crippen LogP contribution in [-0.4, -0.2) is 15.9 Å². The van der Waals surface area contributed by atoms with E-state index in [2.05, 4.69) is 15.3 Å². The summed E-state index contributed by atoms with van der Waals surface area (Å²) in [7, 11) is 0. The molecule has 0 unspecified atom stereocenters. The molecule has 6 nitrogen and oxygen atoms in total. The van der Waals surface area contributed by atoms with Crippen molar-refractivity contribution in [2.75, 3.05) is 5.32 Å². The van der Waals surface area contributed by atoms with Gasteiger partial charge >= 0.3 is 0 Å². The molecule has 0 bridgehead atoms. The molecular weight excluding hydrogens is 409 g/mol. The van der Waals surface area contributed by atoms with Gasteiger partial charge in [-0.1, -0.05) is 12.1 Å². The Morgan fingerprint density at radius 1 is 0.906 bits per heavy atom. The number of para-hydroxylation sites is 2. The van der Waals surface area contributed by atoms with Crippen LogP contribution in [0.5, 0.6) is 0 Å². The minimum atomic E-state index is -0.313. The van der Waals surface area contributed by atoms with E-state index in [4.69, 9.17) is 8.83 Å². The van der Waals surface area contributed by atoms with Gasteiger partial charge in [-0.15, -0.1) is 0 Å². The predicted molar refractivity (Wildman–Crippen MR) is 118 cm³/mol. The molecule has 3 aromatic carbocycles. The molecule has 32 heavy (non-hydrogen) atoms. The van der Waals surface area contributed by atoms with Crippen molar-refractivity contribution in [3.8, 4) is 22.8 Å². The highest BCUT2D eigenvalue weighted by atomic mass is 19.1. The summed E-state index contributed by atoms with van der Waals surface area (Å²) >= 11 is 0. The van der Waals surface area contributed by atoms with E-state index < -0.39 is 0 Å². The molecule has 158 valence electrons. The Hall–Kier alpha value is -4.26. The van der Waals surface area contributed by atoms with Gasteiger partial charge in [-0.05, 0) is 60.7 Å². The van der Waals surface area contributed by atoms with Gasteiger partial charge in [0.05, 0.1) is 6.20 Å². The number of hydrogen-bond donors (Lipinski definition) is 1. The van der Waals surface area contributed by atoms with Crippen molar-refractivity contribution in [3.63, 3.8) is 0 Å². The largest absolute Gasteiger partial charge is 0.441 e. The molecule has 7 heteroatoms. The molecule has 2 heterocycles. The smallest absolute Gasteiger partial charge is 0.227 e. The molecule has 2 aromatic heterocycles. The number of aromatic nitrogens is 2. The number of fused-ring (bicyclic) bond motifs is 1. The summed E-state index contributed by atoms with van der Waals surface area (Å²) in [5.41, 5.74) is 3.76. The molecule has 1 amide bonds. The second-order valence-corrected chi connectivity index (χ2v) is 7.24. The molecule has 0 spiro atoms. The van der Waals surface area contributed by atoms with Crippen molar-refractivity contribution < 1.29 is 18.0 Å². The minimum absolute atomic E-state index is 0.152. The average Bonchev–Trinajstić information content (AvgIpc) is 3.46. The number of nitrogens with zero attached hydrogens (tertiary/aromatic N) is 2. The van der Waals surface area contributed by atoms with E-state index in [1.54, 1.807) is 30.5 Å². The fourth-order valence-corrected chi connectivity index (χ4v) is 3.31. The Balaban J connectivity index is 1.18. The first kappa shape index (κ1) is 19.7. The Morgan fingerprint density at radius 3 is 2.44 bits per heavy atom. The molecule has 0 fully saturated rings. The lowest BCUT2D eigenvalue weighted by atomic mass is 10.2. The van der Waals surface area contributed by atoms with E-state index >= 15 is 0 Å². The Kier molecular flexibility index (Phi) is 5.21. The van der Waals surface area contributed by atoms with Gasteiger partial charge in [0.25, 0.3) is 0 Å². The Bertz CT molecular complexity index is 1340. The van der Waals surface area contributed by atoms with Gasteiger partial charge in [0.2, 0.25) is 11.8 Å². The van der Waals surface area contributed by atoms with E-state index in [0.29, 0.717) is 29.6 Å². The summed E-state index contributed by atoms with van der Waals surface area (Å²) in [4.78, 5) is 21.0. The van der Waals surface area contributed by atoms with Crippen LogP contribution in [-0.2, 0) is 11.2 Å². The van der Waals surface area contributed by atoms with E-state index in [-0.39, 0.29) is 18.1 Å². The molecule has 5 rings (SSSR count). The summed E-state index contributed by atoms with van der Waals surface area (Å²) in [5.74, 6) is 1.05. The number of amides is 1.